The average molecular weight is 1340 g/mol. The zero-order chi connectivity index (χ0) is 79.1. The molecule has 0 fully saturated rings. The lowest BCUT2D eigenvalue weighted by atomic mass is 10.4. The van der Waals surface area contributed by atoms with Crippen molar-refractivity contribution in [3.63, 3.8) is 0 Å². The van der Waals surface area contributed by atoms with E-state index in [1.807, 2.05) is 0 Å². The Morgan fingerprint density at radius 1 is 0.0721 bits per heavy atom. The molecule has 0 radical (unpaired) electrons. The van der Waals surface area contributed by atoms with Gasteiger partial charge in [0.05, 0.1) is 0 Å². The fourth-order valence-electron chi connectivity index (χ4n) is 3.37. The van der Waals surface area contributed by atoms with Crippen molar-refractivity contribution in [1.29, 1.82) is 5.26 Å². The maximum atomic E-state index is 8.23. The van der Waals surface area contributed by atoms with Crippen LogP contribution in [0, 0.1) is 651 Å². The first-order valence-corrected chi connectivity index (χ1v) is 27.7. The van der Waals surface area contributed by atoms with Crippen LogP contribution >= 0.6 is 0 Å². The molecule has 0 aliphatic rings. The van der Waals surface area contributed by atoms with Gasteiger partial charge in [-0.3, -0.25) is 0 Å². The van der Waals surface area contributed by atoms with Crippen molar-refractivity contribution in [2.75, 3.05) is 0 Å². The molecule has 111 heavy (non-hydrogen) atoms. The molecule has 0 spiro atoms. The van der Waals surface area contributed by atoms with Crippen LogP contribution in [0.3, 0.4) is 0 Å². The third-order valence-corrected chi connectivity index (χ3v) is 6.81. The van der Waals surface area contributed by atoms with Gasteiger partial charge in [-0.05, 0) is 54.3 Å². The van der Waals surface area contributed by atoms with E-state index in [9.17, 15) is 0 Å². The van der Waals surface area contributed by atoms with Gasteiger partial charge in [0.15, 0.2) is 6.07 Å². The Hall–Kier alpha value is -24.3. The van der Waals surface area contributed by atoms with Crippen LogP contribution in [0.5, 0.6) is 0 Å². The van der Waals surface area contributed by atoms with Crippen LogP contribution in [-0.2, 0) is 0 Å². The Labute approximate surface area is 653 Å². The lowest BCUT2D eigenvalue weighted by molar-refractivity contribution is 1.55. The molecule has 0 rings (SSSR count). The Morgan fingerprint density at radius 3 is 0.162 bits per heavy atom. The highest BCUT2D eigenvalue weighted by atomic mass is 14.2. The monoisotopic (exact) mass is 1340 g/mol. The van der Waals surface area contributed by atoms with E-state index in [1.54, 1.807) is 13.0 Å². The van der Waals surface area contributed by atoms with Crippen LogP contribution in [0.15, 0.2) is 0 Å². The number of nitrogens with zero attached hydrogens (tertiary/aromatic N) is 1. The van der Waals surface area contributed by atoms with Crippen molar-refractivity contribution >= 4 is 0 Å². The van der Waals surface area contributed by atoms with Crippen molar-refractivity contribution < 1.29 is 0 Å². The first kappa shape index (κ1) is 86.7. The Balaban J connectivity index is 4.64. The molecule has 0 bridgehead atoms. The maximum absolute atomic E-state index is 8.23. The second-order valence-electron chi connectivity index (χ2n) is 13.7. The van der Waals surface area contributed by atoms with Crippen LogP contribution in [-0.4, -0.2) is 0 Å². The van der Waals surface area contributed by atoms with Crippen molar-refractivity contribution in [3.05, 3.63) is 0 Å². The zero-order valence-electron chi connectivity index (χ0n) is 55.9. The molecule has 1 heteroatoms. The molecule has 0 saturated heterocycles. The van der Waals surface area contributed by atoms with E-state index in [2.05, 4.69) is 639 Å². The van der Waals surface area contributed by atoms with E-state index < -0.39 is 0 Å². The molecule has 0 amide bonds. The Morgan fingerprint density at radius 2 is 0.117 bits per heavy atom. The fraction of sp³-hybridized carbons (Fsp3) is 0.00909. The molecule has 448 valence electrons. The Kier molecular flexibility index (Phi) is 67.0. The number of rotatable bonds is 0. The highest BCUT2D eigenvalue weighted by molar-refractivity contribution is 5.57. The molecule has 0 aromatic heterocycles. The summed E-state index contributed by atoms with van der Waals surface area (Å²) >= 11 is 0. The van der Waals surface area contributed by atoms with Crippen LogP contribution in [0.1, 0.15) is 6.92 Å². The van der Waals surface area contributed by atoms with Gasteiger partial charge in [-0.15, -0.1) is 0 Å². The molecule has 0 aromatic carbocycles. The van der Waals surface area contributed by atoms with E-state index in [4.69, 9.17) is 5.26 Å². The molecule has 0 aromatic rings. The van der Waals surface area contributed by atoms with Gasteiger partial charge in [-0.2, -0.15) is 5.26 Å². The third kappa shape index (κ3) is 85.7. The SMILES string of the molecule is CC#CC#CC#CC#CC#CC#CC#CC#CC#CC#CC#CC#CC#CC#CC#CC#CC#CC#CC#CC#CC#CC#CC#CC#CC#CC#CC#CC#CC#CC#CC#CC#CC#CC#CC#CC#CC#CC#CC#CC#CC#CC#CC#CC#CC#CC#CC#CC#CC#CC#CC#CC#CC#CC#CC#N. The standard InChI is InChI=1S/C110H3N/c1-2-3-4-5-6-7-8-9-10-11-12-13-14-15-16-17-18-19-20-21-22-23-24-25-26-27-28-29-30-31-32-33-34-35-36-37-38-39-40-41-42-43-44-45-46-47-48-49-50-51-52-53-54-55-56-57-58-59-60-61-62-63-64-65-66-67-68-69-70-71-72-73-74-75-76-77-78-79-80-81-82-83-84-85-86-87-88-89-90-91-92-93-94-95-96-97-98-99-100-101-102-103-104-105-106-107-108-109-110-111/h1H3. The summed E-state index contributed by atoms with van der Waals surface area (Å²) < 4.78 is 0. The molecule has 0 atom stereocenters. The predicted molar refractivity (Wildman–Crippen MR) is 431 cm³/mol. The van der Waals surface area contributed by atoms with Gasteiger partial charge < -0.3 is 0 Å². The number of hydrogen-bond donors (Lipinski definition) is 0. The summed E-state index contributed by atoms with van der Waals surface area (Å²) in [6, 6.07) is 1.63. The van der Waals surface area contributed by atoms with Gasteiger partial charge >= 0.3 is 0 Å². The third-order valence-electron chi connectivity index (χ3n) is 6.81. The lowest BCUT2D eigenvalue weighted by Gasteiger charge is -1.58. The minimum atomic E-state index is 1.63. The fourth-order valence-corrected chi connectivity index (χ4v) is 3.37. The highest BCUT2D eigenvalue weighted by Crippen LogP contribution is 1.68. The van der Waals surface area contributed by atoms with Crippen molar-refractivity contribution in [1.82, 2.24) is 0 Å². The van der Waals surface area contributed by atoms with E-state index in [1.165, 1.54) is 0 Å². The molecule has 0 aliphatic carbocycles. The van der Waals surface area contributed by atoms with Gasteiger partial charge in [0, 0.05) is 586 Å². The largest absolute Gasteiger partial charge is 0.183 e. The quantitative estimate of drug-likeness (QED) is 0.329. The highest BCUT2D eigenvalue weighted by Gasteiger charge is 1.68. The maximum Gasteiger partial charge on any atom is 0.153 e. The van der Waals surface area contributed by atoms with Crippen LogP contribution in [0.4, 0.5) is 0 Å². The Bertz CT molecular complexity index is 7870. The summed E-state index contributed by atoms with van der Waals surface area (Å²) in [4.78, 5) is 0. The summed E-state index contributed by atoms with van der Waals surface area (Å²) in [6.45, 7) is 1.68. The van der Waals surface area contributed by atoms with Gasteiger partial charge in [0.2, 0.25) is 0 Å². The van der Waals surface area contributed by atoms with Crippen LogP contribution in [0.25, 0.3) is 0 Å². The molecule has 0 N–H and O–H groups in total. The first-order chi connectivity index (χ1) is 55.4. The molecular formula is C110H3N. The number of hydrogen-bond acceptors (Lipinski definition) is 1. The van der Waals surface area contributed by atoms with Gasteiger partial charge in [-0.25, -0.2) is 0 Å². The normalized spacial score (nSPS) is 3.96. The van der Waals surface area contributed by atoms with Gasteiger partial charge in [-0.1, -0.05) is 5.92 Å². The van der Waals surface area contributed by atoms with Crippen molar-refractivity contribution in [2.24, 2.45) is 0 Å². The summed E-state index contributed by atoms with van der Waals surface area (Å²) in [7, 11) is 0. The smallest absolute Gasteiger partial charge is 0.153 e. The van der Waals surface area contributed by atoms with E-state index in [-0.39, 0.29) is 0 Å². The molecular weight excluding hydrogens is 1340 g/mol. The molecule has 0 saturated carbocycles. The summed E-state index contributed by atoms with van der Waals surface area (Å²) in [5.74, 6) is 269. The molecule has 0 unspecified atom stereocenters. The number of nitriles is 1. The average Bonchev–Trinajstić information content (AvgIpc) is 3.81. The molecule has 1 nitrogen and oxygen atoms in total. The second kappa shape index (κ2) is 85.7. The van der Waals surface area contributed by atoms with Crippen molar-refractivity contribution in [3.8, 4) is 645 Å². The topological polar surface area (TPSA) is 23.8 Å². The zero-order valence-corrected chi connectivity index (χ0v) is 55.9. The van der Waals surface area contributed by atoms with E-state index >= 15 is 0 Å². The summed E-state index contributed by atoms with van der Waals surface area (Å²) in [5.41, 5.74) is 0. The molecule has 0 heterocycles. The van der Waals surface area contributed by atoms with E-state index in [0.717, 1.165) is 0 Å². The van der Waals surface area contributed by atoms with E-state index in [0.29, 0.717) is 0 Å². The molecule has 0 aliphatic heterocycles. The lowest BCUT2D eigenvalue weighted by Crippen LogP contribution is -1.57. The predicted octanol–water partition coefficient (Wildman–Crippen LogP) is 0.713. The van der Waals surface area contributed by atoms with Gasteiger partial charge in [0.1, 0.15) is 0 Å². The van der Waals surface area contributed by atoms with Crippen molar-refractivity contribution in [2.45, 2.75) is 6.92 Å². The first-order valence-electron chi connectivity index (χ1n) is 27.7. The summed E-state index contributed by atoms with van der Waals surface area (Å²) in [6.07, 6.45) is 0. The van der Waals surface area contributed by atoms with Crippen LogP contribution in [0.2, 0.25) is 0 Å². The van der Waals surface area contributed by atoms with Gasteiger partial charge in [0.25, 0.3) is 0 Å². The minimum absolute atomic E-state index is 1.63. The minimum Gasteiger partial charge on any atom is -0.183 e. The second-order valence-corrected chi connectivity index (χ2v) is 13.7. The summed E-state index contributed by atoms with van der Waals surface area (Å²) in [5, 5.41) is 8.23. The van der Waals surface area contributed by atoms with Crippen LogP contribution < -0.4 is 0 Å².